The Hall–Kier alpha value is -2.30. The van der Waals surface area contributed by atoms with E-state index in [1.165, 1.54) is 0 Å². The molecule has 1 aliphatic rings. The molecule has 1 aromatic heterocycles. The smallest absolute Gasteiger partial charge is 0.256 e. The molecule has 2 heterocycles. The number of aromatic nitrogens is 1. The minimum absolute atomic E-state index is 0.0646. The molecule has 2 amide bonds. The molecule has 1 fully saturated rings. The van der Waals surface area contributed by atoms with E-state index >= 15 is 0 Å². The van der Waals surface area contributed by atoms with Crippen molar-refractivity contribution in [3.05, 3.63) is 35.5 Å². The zero-order valence-corrected chi connectivity index (χ0v) is 14.5. The van der Waals surface area contributed by atoms with E-state index in [1.807, 2.05) is 47.9 Å². The van der Waals surface area contributed by atoms with Crippen molar-refractivity contribution in [3.63, 3.8) is 0 Å². The van der Waals surface area contributed by atoms with Gasteiger partial charge in [0.05, 0.1) is 5.56 Å². The van der Waals surface area contributed by atoms with Gasteiger partial charge in [-0.3, -0.25) is 9.59 Å². The highest BCUT2D eigenvalue weighted by molar-refractivity contribution is 6.08. The number of aryl methyl sites for hydroxylation is 1. The first-order valence-corrected chi connectivity index (χ1v) is 8.76. The van der Waals surface area contributed by atoms with Crippen LogP contribution in [0.25, 0.3) is 10.9 Å². The van der Waals surface area contributed by atoms with Gasteiger partial charge in [0.15, 0.2) is 0 Å². The van der Waals surface area contributed by atoms with E-state index in [0.717, 1.165) is 41.5 Å². The molecule has 24 heavy (non-hydrogen) atoms. The molecule has 0 bridgehead atoms. The average molecular weight is 327 g/mol. The predicted molar refractivity (Wildman–Crippen MR) is 95.0 cm³/mol. The van der Waals surface area contributed by atoms with Gasteiger partial charge < -0.3 is 14.8 Å². The van der Waals surface area contributed by atoms with E-state index in [2.05, 4.69) is 4.98 Å². The Labute approximate surface area is 142 Å². The summed E-state index contributed by atoms with van der Waals surface area (Å²) in [5.41, 5.74) is 2.66. The number of carbonyl (C=O) groups is 2. The summed E-state index contributed by atoms with van der Waals surface area (Å²) < 4.78 is 0. The Kier molecular flexibility index (Phi) is 4.88. The van der Waals surface area contributed by atoms with Crippen LogP contribution in [0.15, 0.2) is 24.3 Å². The molecular weight excluding hydrogens is 302 g/mol. The molecule has 5 heteroatoms. The SMILES string of the molecule is CCCC(=O)N1CCCN(C(=O)c2c(C)[nH]c3ccccc23)CC1. The van der Waals surface area contributed by atoms with Gasteiger partial charge in [-0.15, -0.1) is 0 Å². The van der Waals surface area contributed by atoms with E-state index in [1.54, 1.807) is 0 Å². The molecule has 1 N–H and O–H groups in total. The number of fused-ring (bicyclic) bond motifs is 1. The van der Waals surface area contributed by atoms with Crippen LogP contribution in [0.1, 0.15) is 42.2 Å². The van der Waals surface area contributed by atoms with E-state index in [4.69, 9.17) is 0 Å². The summed E-state index contributed by atoms with van der Waals surface area (Å²) in [6.45, 7) is 6.65. The van der Waals surface area contributed by atoms with Gasteiger partial charge in [-0.25, -0.2) is 0 Å². The van der Waals surface area contributed by atoms with Crippen LogP contribution in [-0.2, 0) is 4.79 Å². The monoisotopic (exact) mass is 327 g/mol. The van der Waals surface area contributed by atoms with Crippen LogP contribution in [0.3, 0.4) is 0 Å². The van der Waals surface area contributed by atoms with Crippen LogP contribution in [-0.4, -0.2) is 52.8 Å². The first-order chi connectivity index (χ1) is 11.6. The van der Waals surface area contributed by atoms with E-state index < -0.39 is 0 Å². The van der Waals surface area contributed by atoms with Crippen molar-refractivity contribution in [3.8, 4) is 0 Å². The highest BCUT2D eigenvalue weighted by Crippen LogP contribution is 2.24. The average Bonchev–Trinajstić information content (AvgIpc) is 2.74. The summed E-state index contributed by atoms with van der Waals surface area (Å²) in [7, 11) is 0. The molecule has 0 radical (unpaired) electrons. The van der Waals surface area contributed by atoms with Crippen molar-refractivity contribution in [2.45, 2.75) is 33.1 Å². The zero-order valence-electron chi connectivity index (χ0n) is 14.5. The molecule has 0 atom stereocenters. The first-order valence-electron chi connectivity index (χ1n) is 8.76. The number of nitrogens with zero attached hydrogens (tertiary/aromatic N) is 2. The summed E-state index contributed by atoms with van der Waals surface area (Å²) in [5.74, 6) is 0.268. The third-order valence-electron chi connectivity index (χ3n) is 4.71. The number of H-pyrrole nitrogens is 1. The maximum Gasteiger partial charge on any atom is 0.256 e. The lowest BCUT2D eigenvalue weighted by atomic mass is 10.1. The summed E-state index contributed by atoms with van der Waals surface area (Å²) in [6, 6.07) is 7.91. The minimum atomic E-state index is 0.0646. The maximum absolute atomic E-state index is 13.1. The molecule has 0 spiro atoms. The van der Waals surface area contributed by atoms with Gasteiger partial charge in [-0.2, -0.15) is 0 Å². The third-order valence-corrected chi connectivity index (χ3v) is 4.71. The molecular formula is C19H25N3O2. The first kappa shape index (κ1) is 16.6. The zero-order chi connectivity index (χ0) is 17.1. The van der Waals surface area contributed by atoms with Gasteiger partial charge in [0.1, 0.15) is 0 Å². The fourth-order valence-corrected chi connectivity index (χ4v) is 3.45. The fraction of sp³-hybridized carbons (Fsp3) is 0.474. The second-order valence-corrected chi connectivity index (χ2v) is 6.45. The highest BCUT2D eigenvalue weighted by atomic mass is 16.2. The number of amides is 2. The van der Waals surface area contributed by atoms with Crippen molar-refractivity contribution < 1.29 is 9.59 Å². The van der Waals surface area contributed by atoms with Gasteiger partial charge in [0, 0.05) is 49.2 Å². The quantitative estimate of drug-likeness (QED) is 0.942. The second kappa shape index (κ2) is 7.07. The van der Waals surface area contributed by atoms with E-state index in [-0.39, 0.29) is 11.8 Å². The Balaban J connectivity index is 1.78. The molecule has 1 aromatic carbocycles. The van der Waals surface area contributed by atoms with Crippen LogP contribution in [0.5, 0.6) is 0 Å². The normalized spacial score (nSPS) is 15.6. The number of carbonyl (C=O) groups excluding carboxylic acids is 2. The number of rotatable bonds is 3. The largest absolute Gasteiger partial charge is 0.358 e. The number of nitrogens with one attached hydrogen (secondary N) is 1. The molecule has 3 rings (SSSR count). The molecule has 128 valence electrons. The Morgan fingerprint density at radius 3 is 2.58 bits per heavy atom. The lowest BCUT2D eigenvalue weighted by Crippen LogP contribution is -2.37. The molecule has 0 saturated carbocycles. The van der Waals surface area contributed by atoms with Crippen LogP contribution in [0, 0.1) is 6.92 Å². The number of benzene rings is 1. The topological polar surface area (TPSA) is 56.4 Å². The van der Waals surface area contributed by atoms with Crippen molar-refractivity contribution in [2.24, 2.45) is 0 Å². The number of para-hydroxylation sites is 1. The molecule has 0 aliphatic carbocycles. The number of aromatic amines is 1. The minimum Gasteiger partial charge on any atom is -0.358 e. The van der Waals surface area contributed by atoms with Crippen LogP contribution in [0.4, 0.5) is 0 Å². The Morgan fingerprint density at radius 1 is 1.08 bits per heavy atom. The Bertz CT molecular complexity index is 750. The van der Waals surface area contributed by atoms with Crippen LogP contribution in [0.2, 0.25) is 0 Å². The second-order valence-electron chi connectivity index (χ2n) is 6.45. The summed E-state index contributed by atoms with van der Waals surface area (Å²) in [5, 5.41) is 0.975. The van der Waals surface area contributed by atoms with Gasteiger partial charge in [-0.1, -0.05) is 25.1 Å². The van der Waals surface area contributed by atoms with Crippen molar-refractivity contribution in [2.75, 3.05) is 26.2 Å². The lowest BCUT2D eigenvalue weighted by Gasteiger charge is -2.22. The molecule has 1 aliphatic heterocycles. The lowest BCUT2D eigenvalue weighted by molar-refractivity contribution is -0.131. The predicted octanol–water partition coefficient (Wildman–Crippen LogP) is 2.95. The third kappa shape index (κ3) is 3.16. The van der Waals surface area contributed by atoms with Crippen molar-refractivity contribution in [1.82, 2.24) is 14.8 Å². The van der Waals surface area contributed by atoms with Gasteiger partial charge in [-0.05, 0) is 25.8 Å². The van der Waals surface area contributed by atoms with Crippen LogP contribution < -0.4 is 0 Å². The molecule has 0 unspecified atom stereocenters. The fourth-order valence-electron chi connectivity index (χ4n) is 3.45. The number of hydrogen-bond acceptors (Lipinski definition) is 2. The van der Waals surface area contributed by atoms with Crippen molar-refractivity contribution >= 4 is 22.7 Å². The molecule has 5 nitrogen and oxygen atoms in total. The molecule has 2 aromatic rings. The Morgan fingerprint density at radius 2 is 1.79 bits per heavy atom. The number of hydrogen-bond donors (Lipinski definition) is 1. The van der Waals surface area contributed by atoms with Gasteiger partial charge in [0.25, 0.3) is 5.91 Å². The highest BCUT2D eigenvalue weighted by Gasteiger charge is 2.25. The summed E-state index contributed by atoms with van der Waals surface area (Å²) in [6.07, 6.45) is 2.30. The van der Waals surface area contributed by atoms with Gasteiger partial charge in [0.2, 0.25) is 5.91 Å². The van der Waals surface area contributed by atoms with Gasteiger partial charge >= 0.3 is 0 Å². The molecule has 1 saturated heterocycles. The van der Waals surface area contributed by atoms with E-state index in [9.17, 15) is 9.59 Å². The maximum atomic E-state index is 13.1. The van der Waals surface area contributed by atoms with E-state index in [0.29, 0.717) is 26.1 Å². The van der Waals surface area contributed by atoms with Crippen molar-refractivity contribution in [1.29, 1.82) is 0 Å². The van der Waals surface area contributed by atoms with Crippen LogP contribution >= 0.6 is 0 Å². The summed E-state index contributed by atoms with van der Waals surface area (Å²) in [4.78, 5) is 32.2. The summed E-state index contributed by atoms with van der Waals surface area (Å²) >= 11 is 0. The standard InChI is InChI=1S/C19H25N3O2/c1-3-7-17(23)21-10-6-11-22(13-12-21)19(24)18-14(2)20-16-9-5-4-8-15(16)18/h4-5,8-9,20H,3,6-7,10-13H2,1-2H3.